The van der Waals surface area contributed by atoms with Crippen molar-refractivity contribution in [3.05, 3.63) is 144 Å². The number of halogens is 1. The van der Waals surface area contributed by atoms with Crippen LogP contribution in [0.3, 0.4) is 0 Å². The van der Waals surface area contributed by atoms with Crippen molar-refractivity contribution in [3.63, 3.8) is 0 Å². The minimum Gasteiger partial charge on any atom is -0.497 e. The number of amidine groups is 1. The molecule has 6 rings (SSSR count). The third-order valence-corrected chi connectivity index (χ3v) is 7.07. The van der Waals surface area contributed by atoms with Gasteiger partial charge in [-0.2, -0.15) is 10.2 Å². The third kappa shape index (κ3) is 5.69. The summed E-state index contributed by atoms with van der Waals surface area (Å²) >= 11 is 6.49. The molecule has 0 aromatic heterocycles. The van der Waals surface area contributed by atoms with Gasteiger partial charge in [-0.1, -0.05) is 84.4 Å². The molecule has 0 amide bonds. The highest BCUT2D eigenvalue weighted by molar-refractivity contribution is 6.32. The van der Waals surface area contributed by atoms with Crippen molar-refractivity contribution < 1.29 is 9.47 Å². The van der Waals surface area contributed by atoms with Gasteiger partial charge in [0, 0.05) is 11.4 Å². The maximum atomic E-state index is 6.73. The van der Waals surface area contributed by atoms with Crippen molar-refractivity contribution >= 4 is 40.2 Å². The first kappa shape index (κ1) is 26.3. The van der Waals surface area contributed by atoms with Gasteiger partial charge in [0.15, 0.2) is 12.1 Å². The summed E-state index contributed by atoms with van der Waals surface area (Å²) in [5, 5.41) is 10.1. The lowest BCUT2D eigenvalue weighted by molar-refractivity contribution is 0.198. The van der Waals surface area contributed by atoms with Gasteiger partial charge in [-0.15, -0.1) is 0 Å². The minimum absolute atomic E-state index is 0.511. The van der Waals surface area contributed by atoms with Crippen molar-refractivity contribution in [1.82, 2.24) is 0 Å². The SMILES string of the molecule is COc1ccc(C2Oc3ccccc3N=C(N(c3ccccc3)c3ccccc3)C2N=Nc2ccccc2Cl)cc1. The number of fused-ring (bicyclic) bond motifs is 1. The van der Waals surface area contributed by atoms with Crippen molar-refractivity contribution in [2.24, 2.45) is 15.2 Å². The monoisotopic (exact) mass is 558 g/mol. The lowest BCUT2D eigenvalue weighted by atomic mass is 10.00. The number of methoxy groups -OCH3 is 1. The highest BCUT2D eigenvalue weighted by Crippen LogP contribution is 2.41. The molecule has 0 N–H and O–H groups in total. The normalized spacial score (nSPS) is 16.3. The molecule has 7 heteroatoms. The highest BCUT2D eigenvalue weighted by atomic mass is 35.5. The maximum absolute atomic E-state index is 6.73. The molecule has 2 unspecified atom stereocenters. The van der Waals surface area contributed by atoms with E-state index in [4.69, 9.17) is 31.2 Å². The average molecular weight is 559 g/mol. The molecular weight excluding hydrogens is 532 g/mol. The molecule has 5 aromatic rings. The van der Waals surface area contributed by atoms with E-state index in [1.54, 1.807) is 13.2 Å². The van der Waals surface area contributed by atoms with Crippen molar-refractivity contribution in [2.45, 2.75) is 12.1 Å². The molecule has 0 radical (unpaired) electrons. The maximum Gasteiger partial charge on any atom is 0.170 e. The molecule has 5 aromatic carbocycles. The van der Waals surface area contributed by atoms with Crippen LogP contribution in [0, 0.1) is 0 Å². The fourth-order valence-electron chi connectivity index (χ4n) is 4.74. The Kier molecular flexibility index (Phi) is 7.74. The van der Waals surface area contributed by atoms with Crippen LogP contribution >= 0.6 is 11.6 Å². The van der Waals surface area contributed by atoms with E-state index >= 15 is 0 Å². The van der Waals surface area contributed by atoms with Gasteiger partial charge in [-0.25, -0.2) is 4.99 Å². The van der Waals surface area contributed by atoms with Crippen LogP contribution in [-0.2, 0) is 0 Å². The largest absolute Gasteiger partial charge is 0.497 e. The van der Waals surface area contributed by atoms with Crippen molar-refractivity contribution in [1.29, 1.82) is 0 Å². The number of hydrogen-bond donors (Lipinski definition) is 0. The van der Waals surface area contributed by atoms with E-state index in [-0.39, 0.29) is 0 Å². The smallest absolute Gasteiger partial charge is 0.170 e. The summed E-state index contributed by atoms with van der Waals surface area (Å²) in [5.74, 6) is 2.06. The quantitative estimate of drug-likeness (QED) is 0.195. The van der Waals surface area contributed by atoms with Crippen LogP contribution in [0.4, 0.5) is 22.7 Å². The molecule has 1 aliphatic rings. The van der Waals surface area contributed by atoms with Gasteiger partial charge in [0.25, 0.3) is 0 Å². The van der Waals surface area contributed by atoms with Crippen LogP contribution in [0.2, 0.25) is 5.02 Å². The zero-order valence-electron chi connectivity index (χ0n) is 22.3. The standard InChI is InChI=1S/C34H27ClN4O2/c1-40-27-22-20-24(21-23-27)33-32(38-37-29-17-9-8-16-28(29)35)34(36-30-18-10-11-19-31(30)41-33)39(25-12-4-2-5-13-25)26-14-6-3-7-15-26/h2-23,32-33H,1H3. The second kappa shape index (κ2) is 12.1. The van der Waals surface area contributed by atoms with E-state index < -0.39 is 12.1 Å². The molecule has 202 valence electrons. The predicted octanol–water partition coefficient (Wildman–Crippen LogP) is 9.50. The number of hydrogen-bond acceptors (Lipinski definition) is 6. The number of azo groups is 1. The molecular formula is C34H27ClN4O2. The van der Waals surface area contributed by atoms with E-state index in [0.29, 0.717) is 28.0 Å². The van der Waals surface area contributed by atoms with E-state index in [1.165, 1.54) is 0 Å². The van der Waals surface area contributed by atoms with Gasteiger partial charge < -0.3 is 9.47 Å². The van der Waals surface area contributed by atoms with Crippen LogP contribution in [0.1, 0.15) is 11.7 Å². The molecule has 6 nitrogen and oxygen atoms in total. The zero-order chi connectivity index (χ0) is 28.0. The summed E-state index contributed by atoms with van der Waals surface area (Å²) in [4.78, 5) is 7.33. The Bertz CT molecular complexity index is 1640. The Balaban J connectivity index is 1.59. The Morgan fingerprint density at radius 1 is 0.732 bits per heavy atom. The van der Waals surface area contributed by atoms with E-state index in [1.807, 2.05) is 103 Å². The number of nitrogens with zero attached hydrogens (tertiary/aromatic N) is 4. The topological polar surface area (TPSA) is 58.8 Å². The summed E-state index contributed by atoms with van der Waals surface area (Å²) in [6, 6.07) is 42.5. The molecule has 0 aliphatic carbocycles. The summed E-state index contributed by atoms with van der Waals surface area (Å²) in [7, 11) is 1.65. The van der Waals surface area contributed by atoms with Gasteiger partial charge in [0.05, 0.1) is 12.1 Å². The van der Waals surface area contributed by atoms with Gasteiger partial charge in [0.1, 0.15) is 28.7 Å². The third-order valence-electron chi connectivity index (χ3n) is 6.75. The Morgan fingerprint density at radius 3 is 2.00 bits per heavy atom. The Labute approximate surface area is 244 Å². The molecule has 0 fully saturated rings. The summed E-state index contributed by atoms with van der Waals surface area (Å²) in [6.45, 7) is 0. The van der Waals surface area contributed by atoms with Crippen LogP contribution in [0.25, 0.3) is 0 Å². The summed E-state index contributed by atoms with van der Waals surface area (Å²) < 4.78 is 12.2. The van der Waals surface area contributed by atoms with Gasteiger partial charge in [0.2, 0.25) is 0 Å². The number of aliphatic imine (C=N–C) groups is 1. The van der Waals surface area contributed by atoms with E-state index in [0.717, 1.165) is 22.7 Å². The highest BCUT2D eigenvalue weighted by Gasteiger charge is 2.37. The fraction of sp³-hybridized carbons (Fsp3) is 0.0882. The zero-order valence-corrected chi connectivity index (χ0v) is 23.1. The second-order valence-electron chi connectivity index (χ2n) is 9.37. The first-order valence-electron chi connectivity index (χ1n) is 13.2. The lowest BCUT2D eigenvalue weighted by Gasteiger charge is -2.31. The first-order valence-corrected chi connectivity index (χ1v) is 13.6. The number of anilines is 2. The van der Waals surface area contributed by atoms with Crippen LogP contribution in [-0.4, -0.2) is 19.0 Å². The van der Waals surface area contributed by atoms with E-state index in [2.05, 4.69) is 34.3 Å². The minimum atomic E-state index is -0.660. The van der Waals surface area contributed by atoms with Gasteiger partial charge in [-0.3, -0.25) is 4.90 Å². The molecule has 0 spiro atoms. The molecule has 1 aliphatic heterocycles. The lowest BCUT2D eigenvalue weighted by Crippen LogP contribution is -2.39. The Hall–Kier alpha value is -4.94. The molecule has 0 bridgehead atoms. The first-order chi connectivity index (χ1) is 20.2. The van der Waals surface area contributed by atoms with E-state index in [9.17, 15) is 0 Å². The van der Waals surface area contributed by atoms with Gasteiger partial charge in [-0.05, 0) is 66.2 Å². The van der Waals surface area contributed by atoms with Crippen LogP contribution in [0.5, 0.6) is 11.5 Å². The van der Waals surface area contributed by atoms with Crippen molar-refractivity contribution in [3.8, 4) is 11.5 Å². The van der Waals surface area contributed by atoms with Crippen LogP contribution in [0.15, 0.2) is 149 Å². The predicted molar refractivity (Wildman–Crippen MR) is 165 cm³/mol. The molecule has 41 heavy (non-hydrogen) atoms. The summed E-state index contributed by atoms with van der Waals surface area (Å²) in [5.41, 5.74) is 4.04. The second-order valence-corrected chi connectivity index (χ2v) is 9.77. The molecule has 0 saturated heterocycles. The Morgan fingerprint density at radius 2 is 1.34 bits per heavy atom. The average Bonchev–Trinajstić information content (AvgIpc) is 3.19. The molecule has 2 atom stereocenters. The number of rotatable bonds is 6. The number of ether oxygens (including phenoxy) is 2. The molecule has 0 saturated carbocycles. The molecule has 1 heterocycles. The number of benzene rings is 5. The fourth-order valence-corrected chi connectivity index (χ4v) is 4.91. The van der Waals surface area contributed by atoms with Crippen LogP contribution < -0.4 is 14.4 Å². The summed E-state index contributed by atoms with van der Waals surface area (Å²) in [6.07, 6.45) is -0.565. The van der Waals surface area contributed by atoms with Crippen molar-refractivity contribution in [2.75, 3.05) is 12.0 Å². The van der Waals surface area contributed by atoms with Gasteiger partial charge >= 0.3 is 0 Å². The number of para-hydroxylation sites is 4.